The molecule has 0 spiro atoms. The summed E-state index contributed by atoms with van der Waals surface area (Å²) < 4.78 is 0. The van der Waals surface area contributed by atoms with E-state index in [0.29, 0.717) is 0 Å². The lowest BCUT2D eigenvalue weighted by Crippen LogP contribution is -2.52. The van der Waals surface area contributed by atoms with E-state index in [0.717, 1.165) is 16.8 Å². The van der Waals surface area contributed by atoms with E-state index < -0.39 is 0 Å². The quantitative estimate of drug-likeness (QED) is 0.372. The Morgan fingerprint density at radius 3 is 1.52 bits per heavy atom. The highest BCUT2D eigenvalue weighted by Crippen LogP contribution is 2.16. The van der Waals surface area contributed by atoms with Crippen LogP contribution in [0.4, 0.5) is 11.4 Å². The van der Waals surface area contributed by atoms with Crippen LogP contribution in [-0.2, 0) is 0 Å². The van der Waals surface area contributed by atoms with E-state index in [-0.39, 0.29) is 6.71 Å². The first-order valence-electron chi connectivity index (χ1n) is 9.07. The second kappa shape index (κ2) is 8.28. The molecule has 4 aromatic carbocycles. The molecule has 0 saturated carbocycles. The first-order chi connectivity index (χ1) is 13.4. The normalized spacial score (nSPS) is 10.8. The molecule has 4 aromatic rings. The Hall–Kier alpha value is -3.46. The summed E-state index contributed by atoms with van der Waals surface area (Å²) in [5.74, 6) is 0. The minimum Gasteiger partial charge on any atom is -0.151 e. The molecule has 0 unspecified atom stereocenters. The summed E-state index contributed by atoms with van der Waals surface area (Å²) in [5.41, 5.74) is 5.37. The van der Waals surface area contributed by atoms with Crippen molar-refractivity contribution in [1.82, 2.24) is 0 Å². The molecular formula is C24H19BN2. The fourth-order valence-corrected chi connectivity index (χ4v) is 3.27. The van der Waals surface area contributed by atoms with Gasteiger partial charge in [-0.2, -0.15) is 10.2 Å². The van der Waals surface area contributed by atoms with E-state index >= 15 is 0 Å². The van der Waals surface area contributed by atoms with Gasteiger partial charge in [-0.15, -0.1) is 0 Å². The molecule has 0 atom stereocenters. The van der Waals surface area contributed by atoms with Crippen LogP contribution >= 0.6 is 0 Å². The van der Waals surface area contributed by atoms with Crippen LogP contribution in [0.3, 0.4) is 0 Å². The molecule has 4 rings (SSSR count). The zero-order chi connectivity index (χ0) is 18.3. The lowest BCUT2D eigenvalue weighted by molar-refractivity contribution is 1.24. The minimum absolute atomic E-state index is 0.110. The predicted octanol–water partition coefficient (Wildman–Crippen LogP) is 4.62. The van der Waals surface area contributed by atoms with Crippen molar-refractivity contribution in [1.29, 1.82) is 0 Å². The zero-order valence-corrected chi connectivity index (χ0v) is 14.9. The minimum atomic E-state index is 0.110. The van der Waals surface area contributed by atoms with Gasteiger partial charge in [0.2, 0.25) is 6.71 Å². The molecule has 0 aromatic heterocycles. The van der Waals surface area contributed by atoms with Gasteiger partial charge in [-0.3, -0.25) is 0 Å². The molecule has 0 aliphatic carbocycles. The Morgan fingerprint density at radius 2 is 0.926 bits per heavy atom. The Balaban J connectivity index is 1.81. The summed E-state index contributed by atoms with van der Waals surface area (Å²) in [4.78, 5) is 0. The smallest absolute Gasteiger partial charge is 0.151 e. The SMILES string of the molecule is c1ccc(N=Nc2ccccc2B(c2ccccc2)c2ccccc2)cc1. The van der Waals surface area contributed by atoms with Gasteiger partial charge in [-0.05, 0) is 23.7 Å². The summed E-state index contributed by atoms with van der Waals surface area (Å²) in [6, 6.07) is 39.2. The van der Waals surface area contributed by atoms with Crippen molar-refractivity contribution < 1.29 is 0 Å². The van der Waals surface area contributed by atoms with Gasteiger partial charge >= 0.3 is 0 Å². The van der Waals surface area contributed by atoms with E-state index in [1.807, 2.05) is 54.6 Å². The highest BCUT2D eigenvalue weighted by Gasteiger charge is 2.23. The summed E-state index contributed by atoms with van der Waals surface area (Å²) in [7, 11) is 0. The molecule has 27 heavy (non-hydrogen) atoms. The number of benzene rings is 4. The molecule has 0 N–H and O–H groups in total. The van der Waals surface area contributed by atoms with Crippen LogP contribution in [0.1, 0.15) is 0 Å². The average molecular weight is 346 g/mol. The first-order valence-corrected chi connectivity index (χ1v) is 9.07. The van der Waals surface area contributed by atoms with Crippen molar-refractivity contribution in [2.75, 3.05) is 0 Å². The summed E-state index contributed by atoms with van der Waals surface area (Å²) >= 11 is 0. The van der Waals surface area contributed by atoms with Crippen LogP contribution in [0.15, 0.2) is 125 Å². The second-order valence-electron chi connectivity index (χ2n) is 6.35. The van der Waals surface area contributed by atoms with Crippen molar-refractivity contribution >= 4 is 34.5 Å². The van der Waals surface area contributed by atoms with Crippen LogP contribution in [0.5, 0.6) is 0 Å². The van der Waals surface area contributed by atoms with Crippen LogP contribution in [0, 0.1) is 0 Å². The van der Waals surface area contributed by atoms with E-state index in [1.54, 1.807) is 0 Å². The van der Waals surface area contributed by atoms with Crippen molar-refractivity contribution in [2.24, 2.45) is 10.2 Å². The Kier molecular flexibility index (Phi) is 5.21. The van der Waals surface area contributed by atoms with E-state index in [9.17, 15) is 0 Å². The Bertz CT molecular complexity index is 976. The molecule has 0 saturated heterocycles. The molecule has 0 bridgehead atoms. The molecule has 0 heterocycles. The third-order valence-electron chi connectivity index (χ3n) is 4.54. The highest BCUT2D eigenvalue weighted by atomic mass is 15.1. The predicted molar refractivity (Wildman–Crippen MR) is 115 cm³/mol. The van der Waals surface area contributed by atoms with Crippen molar-refractivity contribution in [3.8, 4) is 0 Å². The number of nitrogens with zero attached hydrogens (tertiary/aromatic N) is 2. The van der Waals surface area contributed by atoms with Crippen molar-refractivity contribution in [3.63, 3.8) is 0 Å². The molecule has 0 fully saturated rings. The van der Waals surface area contributed by atoms with Gasteiger partial charge in [0.15, 0.2) is 0 Å². The van der Waals surface area contributed by atoms with Crippen LogP contribution in [-0.4, -0.2) is 6.71 Å². The molecule has 0 aliphatic heterocycles. The third kappa shape index (κ3) is 4.04. The molecule has 0 amide bonds. The molecule has 0 radical (unpaired) electrons. The maximum atomic E-state index is 4.57. The van der Waals surface area contributed by atoms with Crippen LogP contribution in [0.25, 0.3) is 0 Å². The second-order valence-corrected chi connectivity index (χ2v) is 6.35. The Morgan fingerprint density at radius 1 is 0.444 bits per heavy atom. The number of hydrogen-bond acceptors (Lipinski definition) is 2. The number of azo groups is 1. The maximum Gasteiger partial charge on any atom is 0.244 e. The van der Waals surface area contributed by atoms with Crippen molar-refractivity contribution in [2.45, 2.75) is 0 Å². The molecule has 128 valence electrons. The monoisotopic (exact) mass is 346 g/mol. The maximum absolute atomic E-state index is 4.57. The molecule has 0 aliphatic rings. The topological polar surface area (TPSA) is 24.7 Å². The third-order valence-corrected chi connectivity index (χ3v) is 4.54. The molecule has 2 nitrogen and oxygen atoms in total. The van der Waals surface area contributed by atoms with Gasteiger partial charge in [0.25, 0.3) is 0 Å². The fourth-order valence-electron chi connectivity index (χ4n) is 3.27. The van der Waals surface area contributed by atoms with Crippen LogP contribution in [0.2, 0.25) is 0 Å². The van der Waals surface area contributed by atoms with Crippen molar-refractivity contribution in [3.05, 3.63) is 115 Å². The summed E-state index contributed by atoms with van der Waals surface area (Å²) in [6.45, 7) is 0.110. The molecular weight excluding hydrogens is 327 g/mol. The lowest BCUT2D eigenvalue weighted by atomic mass is 9.36. The van der Waals surface area contributed by atoms with Crippen LogP contribution < -0.4 is 16.4 Å². The first kappa shape index (κ1) is 17.0. The van der Waals surface area contributed by atoms with Gasteiger partial charge in [-0.1, -0.05) is 108 Å². The summed E-state index contributed by atoms with van der Waals surface area (Å²) in [5, 5.41) is 9.01. The number of rotatable bonds is 5. The highest BCUT2D eigenvalue weighted by molar-refractivity contribution is 6.96. The van der Waals surface area contributed by atoms with Gasteiger partial charge < -0.3 is 0 Å². The van der Waals surface area contributed by atoms with Gasteiger partial charge in [0.1, 0.15) is 0 Å². The largest absolute Gasteiger partial charge is 0.244 e. The van der Waals surface area contributed by atoms with Gasteiger partial charge in [0, 0.05) is 0 Å². The average Bonchev–Trinajstić information content (AvgIpc) is 2.76. The zero-order valence-electron chi connectivity index (χ0n) is 14.9. The molecule has 3 heteroatoms. The van der Waals surface area contributed by atoms with Gasteiger partial charge in [0.05, 0.1) is 11.4 Å². The number of hydrogen-bond donors (Lipinski definition) is 0. The fraction of sp³-hybridized carbons (Fsp3) is 0. The van der Waals surface area contributed by atoms with Gasteiger partial charge in [-0.25, -0.2) is 0 Å². The Labute approximate surface area is 160 Å². The standard InChI is InChI=1S/C24H19BN2/c1-4-12-20(13-5-1)25(21-14-6-2-7-15-21)23-18-10-11-19-24(23)27-26-22-16-8-3-9-17-22/h1-19H. The van der Waals surface area contributed by atoms with E-state index in [1.165, 1.54) is 10.9 Å². The van der Waals surface area contributed by atoms with E-state index in [4.69, 9.17) is 0 Å². The van der Waals surface area contributed by atoms with E-state index in [2.05, 4.69) is 70.9 Å². The lowest BCUT2D eigenvalue weighted by Gasteiger charge is -2.17. The summed E-state index contributed by atoms with van der Waals surface area (Å²) in [6.07, 6.45) is 0.